The minimum Gasteiger partial charge on any atom is -0.424 e. The zero-order chi connectivity index (χ0) is 19.3. The summed E-state index contributed by atoms with van der Waals surface area (Å²) in [6, 6.07) is 16.2. The molecular formula is C20H17N5O3. The third-order valence-corrected chi connectivity index (χ3v) is 4.08. The van der Waals surface area contributed by atoms with Crippen molar-refractivity contribution in [1.82, 2.24) is 9.97 Å². The van der Waals surface area contributed by atoms with Gasteiger partial charge in [-0.3, -0.25) is 9.59 Å². The van der Waals surface area contributed by atoms with Gasteiger partial charge in [-0.25, -0.2) is 9.97 Å². The van der Waals surface area contributed by atoms with E-state index in [0.717, 1.165) is 5.69 Å². The number of amides is 2. The van der Waals surface area contributed by atoms with Crippen molar-refractivity contribution in [3.63, 3.8) is 0 Å². The Labute approximate surface area is 161 Å². The van der Waals surface area contributed by atoms with Crippen molar-refractivity contribution in [3.8, 4) is 11.8 Å². The van der Waals surface area contributed by atoms with Crippen molar-refractivity contribution in [2.45, 2.75) is 0 Å². The molecule has 0 saturated carbocycles. The van der Waals surface area contributed by atoms with E-state index in [2.05, 4.69) is 20.6 Å². The molecule has 2 heterocycles. The second kappa shape index (κ2) is 7.75. The van der Waals surface area contributed by atoms with Gasteiger partial charge in [0.15, 0.2) is 0 Å². The number of nitrogens with zero attached hydrogens (tertiary/aromatic N) is 3. The monoisotopic (exact) mass is 375 g/mol. The van der Waals surface area contributed by atoms with Crippen LogP contribution in [0, 0.1) is 0 Å². The lowest BCUT2D eigenvalue weighted by molar-refractivity contribution is -0.115. The molecule has 0 unspecified atom stereocenters. The van der Waals surface area contributed by atoms with E-state index < -0.39 is 0 Å². The fourth-order valence-electron chi connectivity index (χ4n) is 2.87. The van der Waals surface area contributed by atoms with Crippen molar-refractivity contribution in [1.29, 1.82) is 0 Å². The van der Waals surface area contributed by atoms with Crippen LogP contribution in [0.1, 0.15) is 0 Å². The molecule has 3 aromatic rings. The number of anilines is 3. The van der Waals surface area contributed by atoms with Crippen LogP contribution in [0.4, 0.5) is 17.1 Å². The maximum atomic E-state index is 12.4. The third kappa shape index (κ3) is 4.07. The predicted molar refractivity (Wildman–Crippen MR) is 104 cm³/mol. The largest absolute Gasteiger partial charge is 0.424 e. The minimum atomic E-state index is -0.218. The van der Waals surface area contributed by atoms with Crippen molar-refractivity contribution in [2.24, 2.45) is 0 Å². The molecular weight excluding hydrogens is 358 g/mol. The summed E-state index contributed by atoms with van der Waals surface area (Å²) in [4.78, 5) is 34.0. The van der Waals surface area contributed by atoms with E-state index in [9.17, 15) is 9.59 Å². The highest BCUT2D eigenvalue weighted by Crippen LogP contribution is 2.28. The van der Waals surface area contributed by atoms with Gasteiger partial charge in [0.05, 0.1) is 24.5 Å². The Morgan fingerprint density at radius 3 is 2.61 bits per heavy atom. The lowest BCUT2D eigenvalue weighted by Crippen LogP contribution is -2.42. The van der Waals surface area contributed by atoms with Gasteiger partial charge in [0.2, 0.25) is 11.8 Å². The number of hydrogen-bond donors (Lipinski definition) is 2. The summed E-state index contributed by atoms with van der Waals surface area (Å²) in [6.07, 6.45) is 3.19. The van der Waals surface area contributed by atoms with Gasteiger partial charge in [0, 0.05) is 18.1 Å². The molecule has 140 valence electrons. The van der Waals surface area contributed by atoms with E-state index in [1.807, 2.05) is 24.3 Å². The summed E-state index contributed by atoms with van der Waals surface area (Å²) in [5.74, 6) is 0.200. The first-order valence-corrected chi connectivity index (χ1v) is 8.66. The van der Waals surface area contributed by atoms with Crippen LogP contribution >= 0.6 is 0 Å². The number of fused-ring (bicyclic) bond motifs is 1. The molecule has 0 aliphatic carbocycles. The molecule has 0 saturated heterocycles. The molecule has 1 aliphatic heterocycles. The summed E-state index contributed by atoms with van der Waals surface area (Å²) in [7, 11) is 0. The van der Waals surface area contributed by atoms with Gasteiger partial charge in [0.1, 0.15) is 5.75 Å². The second-order valence-corrected chi connectivity index (χ2v) is 6.13. The van der Waals surface area contributed by atoms with Crippen LogP contribution in [-0.4, -0.2) is 34.9 Å². The van der Waals surface area contributed by atoms with Crippen LogP contribution in [0.25, 0.3) is 0 Å². The summed E-state index contributed by atoms with van der Waals surface area (Å²) >= 11 is 0. The number of rotatable bonds is 5. The number of para-hydroxylation sites is 2. The fraction of sp³-hybridized carbons (Fsp3) is 0.100. The van der Waals surface area contributed by atoms with Crippen LogP contribution in [0.5, 0.6) is 11.8 Å². The first-order valence-electron chi connectivity index (χ1n) is 8.66. The quantitative estimate of drug-likeness (QED) is 0.712. The molecule has 2 amide bonds. The average molecular weight is 375 g/mol. The zero-order valence-corrected chi connectivity index (χ0v) is 14.8. The summed E-state index contributed by atoms with van der Waals surface area (Å²) in [6.45, 7) is 0.203. The van der Waals surface area contributed by atoms with Gasteiger partial charge in [-0.1, -0.05) is 12.1 Å². The first kappa shape index (κ1) is 17.5. The molecule has 0 bridgehead atoms. The van der Waals surface area contributed by atoms with Gasteiger partial charge in [-0.15, -0.1) is 0 Å². The van der Waals surface area contributed by atoms with Crippen LogP contribution in [-0.2, 0) is 9.59 Å². The van der Waals surface area contributed by atoms with Crippen molar-refractivity contribution in [3.05, 3.63) is 67.0 Å². The topological polar surface area (TPSA) is 96.5 Å². The van der Waals surface area contributed by atoms with Crippen molar-refractivity contribution in [2.75, 3.05) is 28.6 Å². The second-order valence-electron chi connectivity index (χ2n) is 6.13. The van der Waals surface area contributed by atoms with E-state index >= 15 is 0 Å². The van der Waals surface area contributed by atoms with E-state index in [1.54, 1.807) is 47.6 Å². The number of carbonyl (C=O) groups is 2. The van der Waals surface area contributed by atoms with Crippen LogP contribution in [0.3, 0.4) is 0 Å². The highest BCUT2D eigenvalue weighted by molar-refractivity contribution is 6.03. The minimum absolute atomic E-state index is 0.0700. The van der Waals surface area contributed by atoms with Gasteiger partial charge < -0.3 is 20.3 Å². The van der Waals surface area contributed by atoms with E-state index in [4.69, 9.17) is 4.74 Å². The molecule has 0 atom stereocenters. The Kier molecular flexibility index (Phi) is 4.83. The summed E-state index contributed by atoms with van der Waals surface area (Å²) in [5.41, 5.74) is 2.15. The van der Waals surface area contributed by atoms with E-state index in [1.165, 1.54) is 0 Å². The molecule has 4 rings (SSSR count). The molecule has 0 fully saturated rings. The Morgan fingerprint density at radius 1 is 1.07 bits per heavy atom. The number of aromatic nitrogens is 2. The number of nitrogens with one attached hydrogen (secondary N) is 2. The molecule has 0 radical (unpaired) electrons. The van der Waals surface area contributed by atoms with E-state index in [-0.39, 0.29) is 30.9 Å². The predicted octanol–water partition coefficient (Wildman–Crippen LogP) is 2.67. The maximum absolute atomic E-state index is 12.4. The van der Waals surface area contributed by atoms with Gasteiger partial charge in [0.25, 0.3) is 0 Å². The van der Waals surface area contributed by atoms with Crippen LogP contribution in [0.15, 0.2) is 67.0 Å². The van der Waals surface area contributed by atoms with Crippen molar-refractivity contribution < 1.29 is 14.3 Å². The maximum Gasteiger partial charge on any atom is 0.321 e. The Bertz CT molecular complexity index is 992. The molecule has 1 aliphatic rings. The molecule has 8 nitrogen and oxygen atoms in total. The molecule has 2 aromatic carbocycles. The molecule has 0 spiro atoms. The first-order chi connectivity index (χ1) is 13.7. The molecule has 2 N–H and O–H groups in total. The smallest absolute Gasteiger partial charge is 0.321 e. The summed E-state index contributed by atoms with van der Waals surface area (Å²) < 4.78 is 5.52. The van der Waals surface area contributed by atoms with Crippen LogP contribution < -0.4 is 20.3 Å². The lowest BCUT2D eigenvalue weighted by atomic mass is 10.2. The zero-order valence-electron chi connectivity index (χ0n) is 14.8. The SMILES string of the molecule is O=C(CN1CC(=O)Nc2ccccc21)Nc1ccc(Oc2ncccn2)cc1. The van der Waals surface area contributed by atoms with Gasteiger partial charge in [-0.05, 0) is 42.5 Å². The highest BCUT2D eigenvalue weighted by Gasteiger charge is 2.23. The molecule has 28 heavy (non-hydrogen) atoms. The van der Waals surface area contributed by atoms with E-state index in [0.29, 0.717) is 17.1 Å². The lowest BCUT2D eigenvalue weighted by Gasteiger charge is -2.30. The third-order valence-electron chi connectivity index (χ3n) is 4.08. The van der Waals surface area contributed by atoms with Gasteiger partial charge in [-0.2, -0.15) is 0 Å². The highest BCUT2D eigenvalue weighted by atomic mass is 16.5. The Balaban J connectivity index is 1.38. The Morgan fingerprint density at radius 2 is 1.82 bits per heavy atom. The number of carbonyl (C=O) groups excluding carboxylic acids is 2. The van der Waals surface area contributed by atoms with Crippen LogP contribution in [0.2, 0.25) is 0 Å². The molecule has 8 heteroatoms. The standard InChI is InChI=1S/C20H17N5O3/c26-18(12-25-13-19(27)24-16-4-1-2-5-17(16)25)23-14-6-8-15(9-7-14)28-20-21-10-3-11-22-20/h1-11H,12-13H2,(H,23,26)(H,24,27). The number of ether oxygens (including phenoxy) is 1. The average Bonchev–Trinajstić information content (AvgIpc) is 2.70. The van der Waals surface area contributed by atoms with Crippen molar-refractivity contribution >= 4 is 28.9 Å². The van der Waals surface area contributed by atoms with Gasteiger partial charge >= 0.3 is 6.01 Å². The molecule has 1 aromatic heterocycles. The normalized spacial score (nSPS) is 12.7. The number of hydrogen-bond acceptors (Lipinski definition) is 6. The summed E-state index contributed by atoms with van der Waals surface area (Å²) in [5, 5.41) is 5.63. The number of benzene rings is 2. The Hall–Kier alpha value is -3.94. The fourth-order valence-corrected chi connectivity index (χ4v) is 2.87.